The lowest BCUT2D eigenvalue weighted by molar-refractivity contribution is -0.212. The third-order valence-electron chi connectivity index (χ3n) is 8.28. The molecule has 8 N–H and O–H groups in total. The molecule has 0 fully saturated rings. The van der Waals surface area contributed by atoms with Gasteiger partial charge in [-0.15, -0.1) is 0 Å². The molecular formula is C32H29N5O9. The summed E-state index contributed by atoms with van der Waals surface area (Å²) in [7, 11) is 0. The number of H-pyrrole nitrogens is 1. The number of ether oxygens (including phenoxy) is 1. The summed E-state index contributed by atoms with van der Waals surface area (Å²) in [5.74, 6) is -1.57. The van der Waals surface area contributed by atoms with Crippen molar-refractivity contribution in [3.63, 3.8) is 0 Å². The molecule has 14 nitrogen and oxygen atoms in total. The lowest BCUT2D eigenvalue weighted by atomic mass is 9.96. The van der Waals surface area contributed by atoms with Crippen LogP contribution in [0.2, 0.25) is 0 Å². The Morgan fingerprint density at radius 1 is 0.935 bits per heavy atom. The standard InChI is InChI=1S/C32H29N5O9/c1-14(39)22(13-38)46-31(32(44)45)36-21-11-17(41)6-8-19(21)24-26-25(23-18-7-5-16(40)10-20(18)35-27(23)28(24)36)29(42)37(30(26)43)34-12-15-4-2-3-9-33-15/h2-11,14,22,31-32,34-35,38-41,44-45H,12-13H2,1H3. The predicted octanol–water partition coefficient (Wildman–Crippen LogP) is 2.10. The molecule has 1 aliphatic rings. The number of pyridine rings is 1. The number of hydrazine groups is 1. The molecule has 1 aliphatic heterocycles. The van der Waals surface area contributed by atoms with Crippen LogP contribution >= 0.6 is 0 Å². The Kier molecular flexibility index (Phi) is 7.12. The Morgan fingerprint density at radius 2 is 1.63 bits per heavy atom. The summed E-state index contributed by atoms with van der Waals surface area (Å²) in [6, 6.07) is 14.0. The quantitative estimate of drug-likeness (QED) is 0.0858. The summed E-state index contributed by atoms with van der Waals surface area (Å²) < 4.78 is 7.23. The number of amides is 2. The molecule has 3 unspecified atom stereocenters. The van der Waals surface area contributed by atoms with E-state index in [1.807, 2.05) is 0 Å². The summed E-state index contributed by atoms with van der Waals surface area (Å²) in [5, 5.41) is 64.6. The van der Waals surface area contributed by atoms with Crippen LogP contribution in [0.3, 0.4) is 0 Å². The second-order valence-electron chi connectivity index (χ2n) is 11.2. The first-order valence-corrected chi connectivity index (χ1v) is 14.4. The third kappa shape index (κ3) is 4.47. The number of carbonyl (C=O) groups is 2. The van der Waals surface area contributed by atoms with Crippen molar-refractivity contribution in [1.29, 1.82) is 0 Å². The zero-order valence-electron chi connectivity index (χ0n) is 24.2. The van der Waals surface area contributed by atoms with Gasteiger partial charge in [-0.05, 0) is 43.3 Å². The van der Waals surface area contributed by atoms with Gasteiger partial charge < -0.3 is 44.9 Å². The van der Waals surface area contributed by atoms with Gasteiger partial charge in [-0.25, -0.2) is 10.4 Å². The predicted molar refractivity (Wildman–Crippen MR) is 165 cm³/mol. The number of phenols is 2. The lowest BCUT2D eigenvalue weighted by Gasteiger charge is -2.29. The third-order valence-corrected chi connectivity index (χ3v) is 8.28. The maximum Gasteiger partial charge on any atom is 0.276 e. The minimum Gasteiger partial charge on any atom is -0.508 e. The molecule has 0 saturated heterocycles. The van der Waals surface area contributed by atoms with Crippen molar-refractivity contribution < 1.29 is 45.0 Å². The van der Waals surface area contributed by atoms with E-state index in [0.717, 1.165) is 5.01 Å². The Bertz CT molecular complexity index is 2170. The molecule has 46 heavy (non-hydrogen) atoms. The molecule has 0 bridgehead atoms. The highest BCUT2D eigenvalue weighted by Gasteiger charge is 2.43. The van der Waals surface area contributed by atoms with Crippen molar-refractivity contribution in [1.82, 2.24) is 25.0 Å². The van der Waals surface area contributed by atoms with Crippen molar-refractivity contribution in [2.24, 2.45) is 0 Å². The Balaban J connectivity index is 1.58. The van der Waals surface area contributed by atoms with E-state index < -0.39 is 43.1 Å². The van der Waals surface area contributed by atoms with Gasteiger partial charge in [0.15, 0.2) is 12.5 Å². The van der Waals surface area contributed by atoms with Gasteiger partial charge in [-0.1, -0.05) is 6.07 Å². The molecule has 0 spiro atoms. The Labute approximate surface area is 259 Å². The normalized spacial score (nSPS) is 15.6. The van der Waals surface area contributed by atoms with Crippen LogP contribution in [0.1, 0.15) is 39.6 Å². The molecule has 0 aliphatic carbocycles. The molecule has 6 aromatic rings. The molecule has 3 aromatic carbocycles. The molecule has 236 valence electrons. The van der Waals surface area contributed by atoms with Gasteiger partial charge in [-0.3, -0.25) is 14.6 Å². The fraction of sp³-hybridized carbons (Fsp3) is 0.219. The smallest absolute Gasteiger partial charge is 0.276 e. The number of hydrogen-bond acceptors (Lipinski definition) is 11. The highest BCUT2D eigenvalue weighted by Crippen LogP contribution is 2.47. The molecule has 3 atom stereocenters. The molecule has 2 amide bonds. The Hall–Kier alpha value is -5.09. The maximum atomic E-state index is 14.3. The minimum atomic E-state index is -2.22. The van der Waals surface area contributed by atoms with Crippen LogP contribution in [-0.2, 0) is 11.3 Å². The van der Waals surface area contributed by atoms with Crippen LogP contribution in [0, 0.1) is 0 Å². The zero-order chi connectivity index (χ0) is 32.4. The van der Waals surface area contributed by atoms with Gasteiger partial charge in [0.2, 0.25) is 0 Å². The second-order valence-corrected chi connectivity index (χ2v) is 11.2. The summed E-state index contributed by atoms with van der Waals surface area (Å²) in [6.45, 7) is 0.764. The summed E-state index contributed by atoms with van der Waals surface area (Å²) in [6.07, 6.45) is -4.79. The number of imide groups is 1. The topological polar surface area (TPSA) is 214 Å². The average molecular weight is 628 g/mol. The zero-order valence-corrected chi connectivity index (χ0v) is 24.2. The van der Waals surface area contributed by atoms with Crippen LogP contribution in [0.5, 0.6) is 11.5 Å². The summed E-state index contributed by atoms with van der Waals surface area (Å²) >= 11 is 0. The van der Waals surface area contributed by atoms with Crippen molar-refractivity contribution in [2.45, 2.75) is 38.2 Å². The lowest BCUT2D eigenvalue weighted by Crippen LogP contribution is -2.42. The van der Waals surface area contributed by atoms with Crippen LogP contribution in [0.4, 0.5) is 0 Å². The van der Waals surface area contributed by atoms with E-state index in [2.05, 4.69) is 15.4 Å². The fourth-order valence-corrected chi connectivity index (χ4v) is 6.24. The van der Waals surface area contributed by atoms with E-state index in [1.165, 1.54) is 41.8 Å². The first-order chi connectivity index (χ1) is 22.1. The number of aromatic amines is 1. The number of carbonyl (C=O) groups excluding carboxylic acids is 2. The number of aliphatic hydroxyl groups excluding tert-OH is 3. The number of nitrogens with zero attached hydrogens (tertiary/aromatic N) is 3. The molecular weight excluding hydrogens is 598 g/mol. The van der Waals surface area contributed by atoms with Gasteiger partial charge in [0.25, 0.3) is 11.8 Å². The molecule has 4 heterocycles. The van der Waals surface area contributed by atoms with Crippen molar-refractivity contribution >= 4 is 55.4 Å². The monoisotopic (exact) mass is 627 g/mol. The second kappa shape index (κ2) is 11.1. The van der Waals surface area contributed by atoms with Crippen molar-refractivity contribution in [3.05, 3.63) is 77.6 Å². The highest BCUT2D eigenvalue weighted by molar-refractivity contribution is 6.39. The number of hydrogen-bond donors (Lipinski definition) is 8. The van der Waals surface area contributed by atoms with Crippen LogP contribution in [0.15, 0.2) is 60.8 Å². The number of rotatable bonds is 9. The minimum absolute atomic E-state index is 0.0184. The van der Waals surface area contributed by atoms with Crippen LogP contribution in [0.25, 0.3) is 43.6 Å². The number of aliphatic hydroxyl groups is 4. The Morgan fingerprint density at radius 3 is 2.28 bits per heavy atom. The molecule has 0 radical (unpaired) electrons. The number of fused-ring (bicyclic) bond motifs is 10. The van der Waals surface area contributed by atoms with Crippen LogP contribution < -0.4 is 5.43 Å². The molecule has 0 saturated carbocycles. The van der Waals surface area contributed by atoms with Gasteiger partial charge in [-0.2, -0.15) is 0 Å². The van der Waals surface area contributed by atoms with E-state index in [4.69, 9.17) is 4.74 Å². The molecule has 7 rings (SSSR count). The highest BCUT2D eigenvalue weighted by atomic mass is 16.6. The van der Waals surface area contributed by atoms with E-state index in [-0.39, 0.29) is 45.6 Å². The number of phenolic OH excluding ortho intramolecular Hbond substituents is 2. The number of aromatic nitrogens is 3. The van der Waals surface area contributed by atoms with E-state index >= 15 is 0 Å². The van der Waals surface area contributed by atoms with Crippen molar-refractivity contribution in [2.75, 3.05) is 6.61 Å². The summed E-state index contributed by atoms with van der Waals surface area (Å²) in [4.78, 5) is 35.9. The SMILES string of the molecule is CC(O)C(CO)OC(C(O)O)n1c2cc(O)ccc2c2c3c(c4c5ccc(O)cc5[nH]c4c21)C(=O)N(NCc1ccccn1)C3=O. The van der Waals surface area contributed by atoms with Gasteiger partial charge in [0.1, 0.15) is 17.6 Å². The van der Waals surface area contributed by atoms with E-state index in [0.29, 0.717) is 32.9 Å². The average Bonchev–Trinajstić information content (AvgIpc) is 3.63. The van der Waals surface area contributed by atoms with E-state index in [9.17, 15) is 40.2 Å². The largest absolute Gasteiger partial charge is 0.508 e. The van der Waals surface area contributed by atoms with Gasteiger partial charge in [0.05, 0.1) is 58.1 Å². The van der Waals surface area contributed by atoms with Gasteiger partial charge >= 0.3 is 0 Å². The van der Waals surface area contributed by atoms with Gasteiger partial charge in [0, 0.05) is 39.9 Å². The maximum absolute atomic E-state index is 14.3. The first-order valence-electron chi connectivity index (χ1n) is 14.4. The van der Waals surface area contributed by atoms with Crippen molar-refractivity contribution in [3.8, 4) is 11.5 Å². The molecule has 14 heteroatoms. The summed E-state index contributed by atoms with van der Waals surface area (Å²) in [5.41, 5.74) is 4.68. The fourth-order valence-electron chi connectivity index (χ4n) is 6.24. The molecule has 3 aromatic heterocycles. The van der Waals surface area contributed by atoms with E-state index in [1.54, 1.807) is 30.5 Å². The number of nitrogens with one attached hydrogen (secondary N) is 2. The number of benzene rings is 3. The van der Waals surface area contributed by atoms with Crippen LogP contribution in [-0.4, -0.2) is 87.1 Å². The first kappa shape index (κ1) is 29.6. The number of aromatic hydroxyl groups is 2.